The zero-order valence-electron chi connectivity index (χ0n) is 21.9. The number of carboxylic acids is 1. The van der Waals surface area contributed by atoms with E-state index in [1.807, 2.05) is 0 Å². The van der Waals surface area contributed by atoms with Gasteiger partial charge in [0.1, 0.15) is 32.7 Å². The number of anilines is 1. The molecule has 2 amide bonds. The third-order valence-electron chi connectivity index (χ3n) is 6.26. The highest BCUT2D eigenvalue weighted by atomic mass is 32.2. The summed E-state index contributed by atoms with van der Waals surface area (Å²) in [5.41, 5.74) is 5.10. The molecule has 16 nitrogen and oxygen atoms in total. The van der Waals surface area contributed by atoms with Crippen LogP contribution in [-0.4, -0.2) is 86.0 Å². The van der Waals surface area contributed by atoms with Crippen LogP contribution in [0.2, 0.25) is 0 Å². The summed E-state index contributed by atoms with van der Waals surface area (Å²) in [6.45, 7) is 1.68. The molecule has 0 spiro atoms. The fourth-order valence-electron chi connectivity index (χ4n) is 4.21. The van der Waals surface area contributed by atoms with Gasteiger partial charge in [0.05, 0.1) is 12.4 Å². The van der Waals surface area contributed by atoms with E-state index >= 15 is 0 Å². The lowest BCUT2D eigenvalue weighted by Gasteiger charge is -2.49. The van der Waals surface area contributed by atoms with Crippen molar-refractivity contribution in [3.63, 3.8) is 0 Å². The van der Waals surface area contributed by atoms with Crippen LogP contribution in [-0.2, 0) is 19.2 Å². The number of nitrogens with zero attached hydrogens (tertiary/aromatic N) is 6. The molecule has 3 atom stereocenters. The number of fused-ring (bicyclic) bond motifs is 1. The van der Waals surface area contributed by atoms with Crippen molar-refractivity contribution >= 4 is 75.0 Å². The number of carbonyl (C=O) groups is 3. The van der Waals surface area contributed by atoms with Gasteiger partial charge in [0.2, 0.25) is 5.43 Å². The van der Waals surface area contributed by atoms with Crippen molar-refractivity contribution in [1.29, 1.82) is 0 Å². The molecule has 2 aliphatic heterocycles. The zero-order chi connectivity index (χ0) is 30.8. The van der Waals surface area contributed by atoms with Crippen LogP contribution in [0.1, 0.15) is 30.8 Å². The molecule has 0 aliphatic carbocycles. The van der Waals surface area contributed by atoms with Crippen LogP contribution in [0, 0.1) is 0 Å². The summed E-state index contributed by atoms with van der Waals surface area (Å²) in [6.07, 6.45) is 1.55. The molecule has 5 rings (SSSR count). The van der Waals surface area contributed by atoms with Gasteiger partial charge in [-0.05, 0) is 23.5 Å². The van der Waals surface area contributed by atoms with Gasteiger partial charge in [-0.1, -0.05) is 16.6 Å². The van der Waals surface area contributed by atoms with E-state index in [-0.39, 0.29) is 34.3 Å². The van der Waals surface area contributed by atoms with Crippen molar-refractivity contribution in [3.8, 4) is 5.75 Å². The number of aromatic hydroxyl groups is 1. The Morgan fingerprint density at radius 1 is 1.37 bits per heavy atom. The molecule has 0 bridgehead atoms. The van der Waals surface area contributed by atoms with Gasteiger partial charge in [-0.2, -0.15) is 4.73 Å². The van der Waals surface area contributed by atoms with Crippen molar-refractivity contribution < 1.29 is 34.6 Å². The molecule has 1 saturated heterocycles. The molecular weight excluding hydrogens is 645 g/mol. The van der Waals surface area contributed by atoms with Gasteiger partial charge in [0, 0.05) is 23.0 Å². The van der Waals surface area contributed by atoms with Gasteiger partial charge < -0.3 is 31.3 Å². The van der Waals surface area contributed by atoms with Gasteiger partial charge in [0.15, 0.2) is 22.7 Å². The Kier molecular flexibility index (Phi) is 8.89. The summed E-state index contributed by atoms with van der Waals surface area (Å²) in [5, 5.41) is 40.9. The minimum Gasteiger partial charge on any atom is -0.503 e. The molecule has 5 heterocycles. The third kappa shape index (κ3) is 6.17. The number of hydrogen-bond acceptors (Lipinski definition) is 16. The van der Waals surface area contributed by atoms with Crippen LogP contribution < -0.4 is 16.5 Å². The number of carboxylic acid groups (broad SMARTS) is 1. The first-order chi connectivity index (χ1) is 20.6. The van der Waals surface area contributed by atoms with Crippen LogP contribution >= 0.6 is 46.4 Å². The number of thiazole rings is 1. The summed E-state index contributed by atoms with van der Waals surface area (Å²) in [6, 6.07) is -0.0922. The van der Waals surface area contributed by atoms with Gasteiger partial charge in [0.25, 0.3) is 11.8 Å². The van der Waals surface area contributed by atoms with E-state index in [2.05, 4.69) is 25.0 Å². The molecule has 43 heavy (non-hydrogen) atoms. The van der Waals surface area contributed by atoms with E-state index in [0.29, 0.717) is 21.8 Å². The number of nitrogen functional groups attached to an aromatic ring is 1. The zero-order valence-corrected chi connectivity index (χ0v) is 25.2. The molecule has 0 saturated carbocycles. The van der Waals surface area contributed by atoms with E-state index in [0.717, 1.165) is 32.7 Å². The van der Waals surface area contributed by atoms with Crippen LogP contribution in [0.4, 0.5) is 5.13 Å². The fourth-order valence-corrected chi connectivity index (χ4v) is 7.66. The summed E-state index contributed by atoms with van der Waals surface area (Å²) in [7, 11) is 0. The second-order valence-corrected chi connectivity index (χ2v) is 13.0. The Bertz CT molecular complexity index is 1690. The number of rotatable bonds is 11. The molecule has 0 aromatic carbocycles. The minimum absolute atomic E-state index is 0.0384. The van der Waals surface area contributed by atoms with Gasteiger partial charge in [-0.15, -0.1) is 40.0 Å². The highest BCUT2D eigenvalue weighted by Gasteiger charge is 2.54. The normalized spacial score (nSPS) is 19.0. The van der Waals surface area contributed by atoms with Crippen molar-refractivity contribution in [1.82, 2.24) is 29.5 Å². The summed E-state index contributed by atoms with van der Waals surface area (Å²) in [5.74, 6) is -2.73. The van der Waals surface area contributed by atoms with Crippen LogP contribution in [0.15, 0.2) is 49.3 Å². The number of hydrogen-bond donors (Lipinski definition) is 5. The number of oxime groups is 1. The van der Waals surface area contributed by atoms with Crippen molar-refractivity contribution in [2.75, 3.05) is 17.2 Å². The Morgan fingerprint density at radius 2 is 2.16 bits per heavy atom. The quantitative estimate of drug-likeness (QED) is 0.0633. The molecule has 1 unspecified atom stereocenters. The van der Waals surface area contributed by atoms with Gasteiger partial charge in [-0.25, -0.2) is 9.78 Å². The predicted molar refractivity (Wildman–Crippen MR) is 157 cm³/mol. The molecule has 1 fully saturated rings. The maximum atomic E-state index is 13.4. The molecule has 3 aromatic heterocycles. The first kappa shape index (κ1) is 30.3. The highest BCUT2D eigenvalue weighted by Crippen LogP contribution is 2.41. The summed E-state index contributed by atoms with van der Waals surface area (Å²) in [4.78, 5) is 61.5. The SMILES string of the molecule is CCC(O/N=C(/C(=O)N[C@@H]1C(=O)N2C(C(=O)O)=C(CSc3cnns3)CS[C@H]12)c1csc(N)n1)c1cc(=O)c(O)cn1O. The number of amides is 2. The largest absolute Gasteiger partial charge is 0.503 e. The molecule has 226 valence electrons. The standard InChI is InChI=1S/C23H22N8O8S4/c1-2-14(11-3-12(32)13(33)5-30(11)38)39-28-16(10-8-42-23(24)26-10)19(34)27-17-20(35)31-18(22(36)37)9(7-41-21(17)31)6-40-15-4-25-29-43-15/h3-5,8,14,17,21,33,38H,2,6-7H2,1H3,(H2,24,26)(H,27,34)(H,36,37)/b28-16+/t14?,17-,21-/m1/s1. The van der Waals surface area contributed by atoms with Crippen LogP contribution in [0.25, 0.3) is 0 Å². The average molecular weight is 667 g/mol. The monoisotopic (exact) mass is 666 g/mol. The maximum Gasteiger partial charge on any atom is 0.352 e. The molecule has 6 N–H and O–H groups in total. The Hall–Kier alpha value is -4.14. The Balaban J connectivity index is 1.35. The number of nitrogens with one attached hydrogen (secondary N) is 1. The molecule has 20 heteroatoms. The molecule has 3 aromatic rings. The van der Waals surface area contributed by atoms with E-state index in [1.54, 1.807) is 13.1 Å². The Morgan fingerprint density at radius 3 is 2.81 bits per heavy atom. The Labute approximate surface area is 258 Å². The number of pyridine rings is 1. The lowest BCUT2D eigenvalue weighted by molar-refractivity contribution is -0.150. The van der Waals surface area contributed by atoms with E-state index in [4.69, 9.17) is 10.6 Å². The van der Waals surface area contributed by atoms with Crippen molar-refractivity contribution in [2.24, 2.45) is 5.16 Å². The van der Waals surface area contributed by atoms with Gasteiger partial charge in [-0.3, -0.25) is 19.3 Å². The van der Waals surface area contributed by atoms with Gasteiger partial charge >= 0.3 is 5.97 Å². The van der Waals surface area contributed by atoms with E-state index in [1.165, 1.54) is 40.4 Å². The molecule has 0 radical (unpaired) electrons. The number of aliphatic carboxylic acids is 1. The number of aromatic nitrogens is 4. The van der Waals surface area contributed by atoms with E-state index < -0.39 is 46.5 Å². The first-order valence-electron chi connectivity index (χ1n) is 12.3. The average Bonchev–Trinajstić information content (AvgIpc) is 3.66. The number of thioether (sulfide) groups is 2. The molecular formula is C23H22N8O8S4. The molecule has 2 aliphatic rings. The number of β-lactam (4-membered cyclic amide) rings is 1. The fraction of sp³-hybridized carbons (Fsp3) is 0.304. The number of carbonyl (C=O) groups excluding carboxylic acids is 2. The first-order valence-corrected chi connectivity index (χ1v) is 16.0. The van der Waals surface area contributed by atoms with Crippen LogP contribution in [0.5, 0.6) is 5.75 Å². The lowest BCUT2D eigenvalue weighted by atomic mass is 10.0. The summed E-state index contributed by atoms with van der Waals surface area (Å²) >= 11 is 4.89. The smallest absolute Gasteiger partial charge is 0.352 e. The maximum absolute atomic E-state index is 13.4. The second-order valence-electron chi connectivity index (χ2n) is 8.95. The minimum atomic E-state index is -1.25. The predicted octanol–water partition coefficient (Wildman–Crippen LogP) is 1.08. The van der Waals surface area contributed by atoms with Crippen molar-refractivity contribution in [3.05, 3.63) is 56.7 Å². The lowest BCUT2D eigenvalue weighted by Crippen LogP contribution is -2.71. The van der Waals surface area contributed by atoms with Crippen LogP contribution in [0.3, 0.4) is 0 Å². The number of nitrogens with two attached hydrogens (primary N) is 1. The van der Waals surface area contributed by atoms with Crippen molar-refractivity contribution in [2.45, 2.75) is 35.1 Å². The summed E-state index contributed by atoms with van der Waals surface area (Å²) < 4.78 is 5.10. The third-order valence-corrected chi connectivity index (χ3v) is 10.2. The van der Waals surface area contributed by atoms with E-state index in [9.17, 15) is 34.6 Å². The highest BCUT2D eigenvalue weighted by molar-refractivity contribution is 8.01. The topological polar surface area (TPSA) is 235 Å². The second kappa shape index (κ2) is 12.6.